The highest BCUT2D eigenvalue weighted by Crippen LogP contribution is 2.09. The SMILES string of the molecule is CCCCCCCC/C=C\CCCCCCCCO.O=S(=O)(O)O.OCCO. The fourth-order valence-corrected chi connectivity index (χ4v) is 2.36. The summed E-state index contributed by atoms with van der Waals surface area (Å²) in [7, 11) is -4.67. The van der Waals surface area contributed by atoms with Crippen molar-refractivity contribution in [1.82, 2.24) is 0 Å². The van der Waals surface area contributed by atoms with E-state index in [9.17, 15) is 0 Å². The monoisotopic (exact) mass is 428 g/mol. The van der Waals surface area contributed by atoms with Gasteiger partial charge in [-0.25, -0.2) is 0 Å². The lowest BCUT2D eigenvalue weighted by molar-refractivity contribution is 0.186. The highest BCUT2D eigenvalue weighted by atomic mass is 32.3. The first kappa shape index (κ1) is 32.2. The third kappa shape index (κ3) is 56.2. The number of hydrogen-bond donors (Lipinski definition) is 5. The Kier molecular flexibility index (Phi) is 33.0. The molecule has 0 aliphatic rings. The van der Waals surface area contributed by atoms with Gasteiger partial charge >= 0.3 is 10.4 Å². The van der Waals surface area contributed by atoms with Gasteiger partial charge in [-0.1, -0.05) is 76.9 Å². The smallest absolute Gasteiger partial charge is 0.394 e. The summed E-state index contributed by atoms with van der Waals surface area (Å²) < 4.78 is 31.6. The lowest BCUT2D eigenvalue weighted by atomic mass is 10.1. The molecule has 0 unspecified atom stereocenters. The number of hydrogen-bond acceptors (Lipinski definition) is 5. The van der Waals surface area contributed by atoms with Gasteiger partial charge in [0.2, 0.25) is 0 Å². The Labute approximate surface area is 172 Å². The zero-order valence-electron chi connectivity index (χ0n) is 17.6. The van der Waals surface area contributed by atoms with E-state index in [1.54, 1.807) is 0 Å². The molecule has 8 heteroatoms. The first-order valence-corrected chi connectivity index (χ1v) is 11.9. The number of allylic oxidation sites excluding steroid dienone is 2. The largest absolute Gasteiger partial charge is 0.396 e. The maximum atomic E-state index is 8.74. The standard InChI is InChI=1S/C18H36O.C2H6O2.H2O4S/c1-2-3-4-5-6-7-8-9-10-11-12-13-14-15-16-17-18-19;3-1-2-4;1-5(2,3)4/h9-10,19H,2-8,11-18H2,1H3;3-4H,1-2H2;(H2,1,2,3,4)/b10-9-;;. The molecule has 0 saturated heterocycles. The van der Waals surface area contributed by atoms with E-state index in [1.165, 1.54) is 83.5 Å². The van der Waals surface area contributed by atoms with Crippen LogP contribution in [0.2, 0.25) is 0 Å². The van der Waals surface area contributed by atoms with Crippen LogP contribution in [0.3, 0.4) is 0 Å². The first-order chi connectivity index (χ1) is 13.3. The Morgan fingerprint density at radius 2 is 0.893 bits per heavy atom. The van der Waals surface area contributed by atoms with E-state index in [2.05, 4.69) is 19.1 Å². The lowest BCUT2D eigenvalue weighted by Gasteiger charge is -1.99. The lowest BCUT2D eigenvalue weighted by Crippen LogP contribution is -1.89. The van der Waals surface area contributed by atoms with Crippen molar-refractivity contribution in [3.05, 3.63) is 12.2 Å². The second-order valence-electron chi connectivity index (χ2n) is 6.56. The zero-order valence-corrected chi connectivity index (χ0v) is 18.5. The van der Waals surface area contributed by atoms with E-state index in [0.29, 0.717) is 6.61 Å². The minimum absolute atomic E-state index is 0.125. The highest BCUT2D eigenvalue weighted by molar-refractivity contribution is 7.79. The minimum Gasteiger partial charge on any atom is -0.396 e. The van der Waals surface area contributed by atoms with Gasteiger partial charge in [0, 0.05) is 6.61 Å². The van der Waals surface area contributed by atoms with Crippen molar-refractivity contribution >= 4 is 10.4 Å². The highest BCUT2D eigenvalue weighted by Gasteiger charge is 1.90. The van der Waals surface area contributed by atoms with Crippen molar-refractivity contribution in [2.24, 2.45) is 0 Å². The normalized spacial score (nSPS) is 10.9. The summed E-state index contributed by atoms with van der Waals surface area (Å²) in [6.45, 7) is 2.39. The van der Waals surface area contributed by atoms with Crippen LogP contribution >= 0.6 is 0 Å². The van der Waals surface area contributed by atoms with Crippen LogP contribution in [0.5, 0.6) is 0 Å². The zero-order chi connectivity index (χ0) is 21.9. The van der Waals surface area contributed by atoms with E-state index < -0.39 is 10.4 Å². The Balaban J connectivity index is -0.000000575. The molecule has 28 heavy (non-hydrogen) atoms. The first-order valence-electron chi connectivity index (χ1n) is 10.5. The molecule has 0 heterocycles. The predicted octanol–water partition coefficient (Wildman–Crippen LogP) is 4.33. The minimum atomic E-state index is -4.67. The summed E-state index contributed by atoms with van der Waals surface area (Å²) in [5.74, 6) is 0. The fraction of sp³-hybridized carbons (Fsp3) is 0.900. The molecule has 0 aromatic carbocycles. The second-order valence-corrected chi connectivity index (χ2v) is 7.45. The Morgan fingerprint density at radius 1 is 0.571 bits per heavy atom. The summed E-state index contributed by atoms with van der Waals surface area (Å²) in [5.41, 5.74) is 0. The van der Waals surface area contributed by atoms with E-state index >= 15 is 0 Å². The molecule has 0 saturated carbocycles. The third-order valence-corrected chi connectivity index (χ3v) is 3.77. The number of aliphatic hydroxyl groups excluding tert-OH is 3. The van der Waals surface area contributed by atoms with Gasteiger partial charge in [0.15, 0.2) is 0 Å². The molecule has 0 aromatic rings. The van der Waals surface area contributed by atoms with Crippen LogP contribution in [0.4, 0.5) is 0 Å². The molecule has 0 aliphatic carbocycles. The summed E-state index contributed by atoms with van der Waals surface area (Å²) in [4.78, 5) is 0. The molecule has 0 amide bonds. The van der Waals surface area contributed by atoms with Crippen LogP contribution in [0.15, 0.2) is 12.2 Å². The molecule has 172 valence electrons. The molecule has 0 aliphatic heterocycles. The van der Waals surface area contributed by atoms with Crippen LogP contribution in [0.1, 0.15) is 96.8 Å². The van der Waals surface area contributed by atoms with E-state index in [1.807, 2.05) is 0 Å². The van der Waals surface area contributed by atoms with Crippen molar-refractivity contribution in [3.8, 4) is 0 Å². The van der Waals surface area contributed by atoms with Crippen molar-refractivity contribution < 1.29 is 32.8 Å². The maximum Gasteiger partial charge on any atom is 0.394 e. The van der Waals surface area contributed by atoms with Crippen molar-refractivity contribution in [3.63, 3.8) is 0 Å². The van der Waals surface area contributed by atoms with Crippen LogP contribution in [0.25, 0.3) is 0 Å². The molecule has 0 spiro atoms. The Hall–Kier alpha value is -0.510. The van der Waals surface area contributed by atoms with Crippen LogP contribution < -0.4 is 0 Å². The molecule has 0 atom stereocenters. The maximum absolute atomic E-state index is 8.74. The number of unbranched alkanes of at least 4 members (excludes halogenated alkanes) is 12. The van der Waals surface area contributed by atoms with Crippen molar-refractivity contribution in [1.29, 1.82) is 0 Å². The van der Waals surface area contributed by atoms with Gasteiger partial charge in [0.1, 0.15) is 0 Å². The molecule has 0 rings (SSSR count). The Morgan fingerprint density at radius 3 is 1.21 bits per heavy atom. The summed E-state index contributed by atoms with van der Waals surface area (Å²) >= 11 is 0. The van der Waals surface area contributed by atoms with Gasteiger partial charge in [-0.3, -0.25) is 9.11 Å². The predicted molar refractivity (Wildman–Crippen MR) is 115 cm³/mol. The average Bonchev–Trinajstić information content (AvgIpc) is 2.64. The topological polar surface area (TPSA) is 135 Å². The van der Waals surface area contributed by atoms with Gasteiger partial charge in [-0.2, -0.15) is 8.42 Å². The van der Waals surface area contributed by atoms with E-state index in [-0.39, 0.29) is 13.2 Å². The van der Waals surface area contributed by atoms with Gasteiger partial charge in [0.25, 0.3) is 0 Å². The summed E-state index contributed by atoms with van der Waals surface area (Å²) in [5, 5.41) is 23.9. The molecule has 5 N–H and O–H groups in total. The number of rotatable bonds is 16. The molecule has 0 radical (unpaired) electrons. The van der Waals surface area contributed by atoms with Crippen LogP contribution in [-0.4, -0.2) is 52.7 Å². The molecule has 0 bridgehead atoms. The Bertz CT molecular complexity index is 374. The molecule has 0 fully saturated rings. The van der Waals surface area contributed by atoms with Gasteiger partial charge in [0.05, 0.1) is 13.2 Å². The van der Waals surface area contributed by atoms with Crippen LogP contribution in [0, 0.1) is 0 Å². The van der Waals surface area contributed by atoms with E-state index in [0.717, 1.165) is 6.42 Å². The molecule has 0 aromatic heterocycles. The third-order valence-electron chi connectivity index (χ3n) is 3.77. The quantitative estimate of drug-likeness (QED) is 0.140. The molecular formula is C20H44O7S. The fourth-order valence-electron chi connectivity index (χ4n) is 2.36. The summed E-state index contributed by atoms with van der Waals surface area (Å²) in [6, 6.07) is 0. The average molecular weight is 429 g/mol. The van der Waals surface area contributed by atoms with Crippen LogP contribution in [-0.2, 0) is 10.4 Å². The van der Waals surface area contributed by atoms with Gasteiger partial charge < -0.3 is 15.3 Å². The second kappa shape index (κ2) is 28.7. The molecular weight excluding hydrogens is 384 g/mol. The number of aliphatic hydroxyl groups is 3. The summed E-state index contributed by atoms with van der Waals surface area (Å²) in [6.07, 6.45) is 23.2. The molecule has 7 nitrogen and oxygen atoms in total. The van der Waals surface area contributed by atoms with Crippen molar-refractivity contribution in [2.45, 2.75) is 96.8 Å². The van der Waals surface area contributed by atoms with Gasteiger partial charge in [-0.15, -0.1) is 0 Å². The van der Waals surface area contributed by atoms with Gasteiger partial charge in [-0.05, 0) is 32.1 Å². The van der Waals surface area contributed by atoms with Crippen molar-refractivity contribution in [2.75, 3.05) is 19.8 Å². The van der Waals surface area contributed by atoms with E-state index in [4.69, 9.17) is 32.8 Å².